The molecular formula is C17H21BrN2. The molecule has 0 saturated heterocycles. The molecule has 0 spiro atoms. The molecule has 0 amide bonds. The minimum Gasteiger partial charge on any atom is -0.324 e. The van der Waals surface area contributed by atoms with Crippen molar-refractivity contribution in [2.75, 3.05) is 0 Å². The number of aromatic nitrogens is 1. The maximum Gasteiger partial charge on any atom is 0.0492 e. The van der Waals surface area contributed by atoms with Crippen LogP contribution in [-0.4, -0.2) is 4.57 Å². The molecule has 1 aromatic heterocycles. The molecule has 1 heterocycles. The number of benzene rings is 1. The van der Waals surface area contributed by atoms with Crippen LogP contribution in [0.5, 0.6) is 0 Å². The van der Waals surface area contributed by atoms with E-state index in [1.807, 2.05) is 0 Å². The minimum atomic E-state index is 0.155. The summed E-state index contributed by atoms with van der Waals surface area (Å²) in [6.45, 7) is 6.77. The molecular weight excluding hydrogens is 312 g/mol. The van der Waals surface area contributed by atoms with Gasteiger partial charge in [0.15, 0.2) is 0 Å². The van der Waals surface area contributed by atoms with Crippen LogP contribution in [0, 0.1) is 12.3 Å². The molecule has 0 bridgehead atoms. The van der Waals surface area contributed by atoms with Crippen molar-refractivity contribution in [3.8, 4) is 5.69 Å². The van der Waals surface area contributed by atoms with Gasteiger partial charge < -0.3 is 10.3 Å². The van der Waals surface area contributed by atoms with Crippen LogP contribution < -0.4 is 5.73 Å². The average molecular weight is 333 g/mol. The van der Waals surface area contributed by atoms with E-state index in [-0.39, 0.29) is 11.5 Å². The summed E-state index contributed by atoms with van der Waals surface area (Å²) in [6.07, 6.45) is 4.30. The lowest BCUT2D eigenvalue weighted by Crippen LogP contribution is -2.30. The highest BCUT2D eigenvalue weighted by Gasteiger charge is 2.32. The molecule has 2 aromatic rings. The van der Waals surface area contributed by atoms with Gasteiger partial charge in [0.2, 0.25) is 0 Å². The van der Waals surface area contributed by atoms with E-state index in [4.69, 9.17) is 5.73 Å². The topological polar surface area (TPSA) is 30.9 Å². The van der Waals surface area contributed by atoms with Crippen molar-refractivity contribution in [3.05, 3.63) is 51.8 Å². The van der Waals surface area contributed by atoms with Crippen LogP contribution in [0.4, 0.5) is 0 Å². The van der Waals surface area contributed by atoms with Gasteiger partial charge in [-0.2, -0.15) is 0 Å². The largest absolute Gasteiger partial charge is 0.324 e. The molecule has 106 valence electrons. The predicted octanol–water partition coefficient (Wildman–Crippen LogP) is 4.52. The molecule has 3 heteroatoms. The van der Waals surface area contributed by atoms with Gasteiger partial charge in [-0.3, -0.25) is 0 Å². The fourth-order valence-electron chi connectivity index (χ4n) is 3.32. The fraction of sp³-hybridized carbons (Fsp3) is 0.412. The van der Waals surface area contributed by atoms with Crippen molar-refractivity contribution in [1.29, 1.82) is 0 Å². The van der Waals surface area contributed by atoms with Gasteiger partial charge in [-0.05, 0) is 54.5 Å². The Labute approximate surface area is 129 Å². The van der Waals surface area contributed by atoms with Gasteiger partial charge in [-0.25, -0.2) is 0 Å². The Morgan fingerprint density at radius 3 is 2.80 bits per heavy atom. The van der Waals surface area contributed by atoms with Crippen LogP contribution in [0.15, 0.2) is 34.9 Å². The first kappa shape index (κ1) is 13.9. The first-order valence-corrected chi connectivity index (χ1v) is 7.89. The summed E-state index contributed by atoms with van der Waals surface area (Å²) in [6, 6.07) is 8.70. The maximum atomic E-state index is 6.36. The monoisotopic (exact) mass is 332 g/mol. The van der Waals surface area contributed by atoms with E-state index in [0.29, 0.717) is 0 Å². The summed E-state index contributed by atoms with van der Waals surface area (Å²) < 4.78 is 3.47. The average Bonchev–Trinajstić information content (AvgIpc) is 2.75. The molecule has 0 saturated carbocycles. The lowest BCUT2D eigenvalue weighted by atomic mass is 9.74. The Balaban J connectivity index is 2.16. The number of nitrogens with two attached hydrogens (primary N) is 1. The van der Waals surface area contributed by atoms with Gasteiger partial charge in [0.05, 0.1) is 0 Å². The smallest absolute Gasteiger partial charge is 0.0492 e. The number of halogens is 1. The Hall–Kier alpha value is -1.06. The number of nitrogens with zero attached hydrogens (tertiary/aromatic N) is 1. The zero-order chi connectivity index (χ0) is 14.5. The Morgan fingerprint density at radius 2 is 2.05 bits per heavy atom. The number of hydrogen-bond donors (Lipinski definition) is 1. The molecule has 20 heavy (non-hydrogen) atoms. The molecule has 1 aromatic carbocycles. The molecule has 1 aliphatic rings. The third-order valence-electron chi connectivity index (χ3n) is 4.34. The summed E-state index contributed by atoms with van der Waals surface area (Å²) in [5.41, 5.74) is 11.8. The molecule has 1 unspecified atom stereocenters. The van der Waals surface area contributed by atoms with Gasteiger partial charge in [0, 0.05) is 28.1 Å². The molecule has 2 nitrogen and oxygen atoms in total. The maximum absolute atomic E-state index is 6.36. The van der Waals surface area contributed by atoms with Gasteiger partial charge in [-0.1, -0.05) is 35.8 Å². The number of fused-ring (bicyclic) bond motifs is 1. The standard InChI is InChI=1S/C17H21BrN2/c1-11-13(18)5-4-6-15(11)20-8-7-12-14(19)9-17(2,3)10-16(12)20/h4-8,14H,9-10,19H2,1-3H3. The summed E-state index contributed by atoms with van der Waals surface area (Å²) >= 11 is 3.62. The Morgan fingerprint density at radius 1 is 1.30 bits per heavy atom. The van der Waals surface area contributed by atoms with Gasteiger partial charge >= 0.3 is 0 Å². The summed E-state index contributed by atoms with van der Waals surface area (Å²) in [4.78, 5) is 0. The molecule has 1 atom stereocenters. The lowest BCUT2D eigenvalue weighted by Gasteiger charge is -2.34. The van der Waals surface area contributed by atoms with E-state index >= 15 is 0 Å². The van der Waals surface area contributed by atoms with E-state index < -0.39 is 0 Å². The first-order valence-electron chi connectivity index (χ1n) is 7.10. The second-order valence-electron chi connectivity index (χ2n) is 6.62. The molecule has 1 aliphatic carbocycles. The van der Waals surface area contributed by atoms with E-state index in [1.54, 1.807) is 0 Å². The lowest BCUT2D eigenvalue weighted by molar-refractivity contribution is 0.278. The second kappa shape index (κ2) is 4.74. The fourth-order valence-corrected chi connectivity index (χ4v) is 3.67. The summed E-state index contributed by atoms with van der Waals surface area (Å²) in [5.74, 6) is 0. The van der Waals surface area contributed by atoms with Crippen LogP contribution in [0.25, 0.3) is 5.69 Å². The van der Waals surface area contributed by atoms with E-state index in [2.05, 4.69) is 71.7 Å². The third-order valence-corrected chi connectivity index (χ3v) is 5.20. The highest BCUT2D eigenvalue weighted by Crippen LogP contribution is 2.41. The van der Waals surface area contributed by atoms with Crippen molar-refractivity contribution < 1.29 is 0 Å². The molecule has 2 N–H and O–H groups in total. The van der Waals surface area contributed by atoms with E-state index in [1.165, 1.54) is 22.5 Å². The van der Waals surface area contributed by atoms with E-state index in [9.17, 15) is 0 Å². The molecule has 0 aliphatic heterocycles. The SMILES string of the molecule is Cc1c(Br)cccc1-n1ccc2c1CC(C)(C)CC2N. The van der Waals surface area contributed by atoms with Crippen LogP contribution >= 0.6 is 15.9 Å². The summed E-state index contributed by atoms with van der Waals surface area (Å²) in [5, 5.41) is 0. The number of hydrogen-bond acceptors (Lipinski definition) is 1. The van der Waals surface area contributed by atoms with Crippen molar-refractivity contribution in [2.45, 2.75) is 39.7 Å². The van der Waals surface area contributed by atoms with Crippen molar-refractivity contribution in [1.82, 2.24) is 4.57 Å². The first-order chi connectivity index (χ1) is 9.39. The second-order valence-corrected chi connectivity index (χ2v) is 7.48. The molecule has 3 rings (SSSR count). The Kier molecular flexibility index (Phi) is 3.30. The zero-order valence-electron chi connectivity index (χ0n) is 12.3. The number of rotatable bonds is 1. The van der Waals surface area contributed by atoms with E-state index in [0.717, 1.165) is 17.3 Å². The Bertz CT molecular complexity index is 655. The van der Waals surface area contributed by atoms with Crippen molar-refractivity contribution in [3.63, 3.8) is 0 Å². The zero-order valence-corrected chi connectivity index (χ0v) is 13.9. The normalized spacial score (nSPS) is 20.8. The molecule has 0 fully saturated rings. The van der Waals surface area contributed by atoms with Gasteiger partial charge in [-0.15, -0.1) is 0 Å². The highest BCUT2D eigenvalue weighted by molar-refractivity contribution is 9.10. The van der Waals surface area contributed by atoms with Crippen molar-refractivity contribution >= 4 is 15.9 Å². The third kappa shape index (κ3) is 2.23. The van der Waals surface area contributed by atoms with Gasteiger partial charge in [0.1, 0.15) is 0 Å². The predicted molar refractivity (Wildman–Crippen MR) is 87.2 cm³/mol. The van der Waals surface area contributed by atoms with Crippen LogP contribution in [-0.2, 0) is 6.42 Å². The van der Waals surface area contributed by atoms with Crippen LogP contribution in [0.3, 0.4) is 0 Å². The molecule has 0 radical (unpaired) electrons. The van der Waals surface area contributed by atoms with Crippen LogP contribution in [0.1, 0.15) is 43.1 Å². The minimum absolute atomic E-state index is 0.155. The van der Waals surface area contributed by atoms with Crippen LogP contribution in [0.2, 0.25) is 0 Å². The van der Waals surface area contributed by atoms with Crippen molar-refractivity contribution in [2.24, 2.45) is 11.1 Å². The quantitative estimate of drug-likeness (QED) is 0.817. The summed E-state index contributed by atoms with van der Waals surface area (Å²) in [7, 11) is 0. The van der Waals surface area contributed by atoms with Gasteiger partial charge in [0.25, 0.3) is 0 Å². The highest BCUT2D eigenvalue weighted by atomic mass is 79.9.